The van der Waals surface area contributed by atoms with Crippen LogP contribution in [0.25, 0.3) is 10.9 Å². The van der Waals surface area contributed by atoms with E-state index in [-0.39, 0.29) is 18.7 Å². The van der Waals surface area contributed by atoms with Crippen molar-refractivity contribution in [2.24, 2.45) is 5.92 Å². The first-order chi connectivity index (χ1) is 20.4. The van der Waals surface area contributed by atoms with Gasteiger partial charge in [0.1, 0.15) is 11.6 Å². The Morgan fingerprint density at radius 2 is 1.90 bits per heavy atom. The summed E-state index contributed by atoms with van der Waals surface area (Å²) in [4.78, 5) is 30.0. The molecular weight excluding hydrogens is 536 g/mol. The summed E-state index contributed by atoms with van der Waals surface area (Å²) in [5, 5.41) is 16.6. The first-order valence-electron chi connectivity index (χ1n) is 13.9. The number of halogens is 2. The molecule has 2 aromatic heterocycles. The molecule has 2 heterocycles. The first kappa shape index (κ1) is 28.5. The van der Waals surface area contributed by atoms with E-state index in [2.05, 4.69) is 33.5 Å². The van der Waals surface area contributed by atoms with E-state index in [0.717, 1.165) is 35.3 Å². The summed E-state index contributed by atoms with van der Waals surface area (Å²) < 4.78 is 28.0. The molecule has 2 aromatic carbocycles. The summed E-state index contributed by atoms with van der Waals surface area (Å²) in [5.74, 6) is 3.95. The summed E-state index contributed by atoms with van der Waals surface area (Å²) in [6, 6.07) is 14.1. The molecule has 1 aliphatic carbocycles. The SMILES string of the molecule is N#Cc1cnc2ccc(C#CCNC(=O)c3cccn(Cc4ccc(F)c(F)c4)c3=O)cc2c1NCC1CCCCC1. The van der Waals surface area contributed by atoms with Gasteiger partial charge in [0.2, 0.25) is 0 Å². The lowest BCUT2D eigenvalue weighted by Crippen LogP contribution is -2.33. The molecule has 7 nitrogen and oxygen atoms in total. The van der Waals surface area contributed by atoms with Crippen molar-refractivity contribution in [3.63, 3.8) is 0 Å². The van der Waals surface area contributed by atoms with Gasteiger partial charge < -0.3 is 15.2 Å². The maximum absolute atomic E-state index is 13.6. The van der Waals surface area contributed by atoms with Gasteiger partial charge in [-0.1, -0.05) is 37.2 Å². The number of nitrogens with zero attached hydrogens (tertiary/aromatic N) is 3. The number of carbonyl (C=O) groups is 1. The van der Waals surface area contributed by atoms with Crippen LogP contribution in [-0.4, -0.2) is 28.5 Å². The third-order valence-corrected chi connectivity index (χ3v) is 7.45. The number of fused-ring (bicyclic) bond motifs is 1. The highest BCUT2D eigenvalue weighted by molar-refractivity contribution is 5.95. The van der Waals surface area contributed by atoms with Crippen LogP contribution in [0.5, 0.6) is 0 Å². The highest BCUT2D eigenvalue weighted by Crippen LogP contribution is 2.29. The van der Waals surface area contributed by atoms with Crippen molar-refractivity contribution in [2.75, 3.05) is 18.4 Å². The molecule has 212 valence electrons. The van der Waals surface area contributed by atoms with Gasteiger partial charge in [0.25, 0.3) is 11.5 Å². The van der Waals surface area contributed by atoms with Gasteiger partial charge in [0.15, 0.2) is 11.6 Å². The minimum Gasteiger partial charge on any atom is -0.383 e. The van der Waals surface area contributed by atoms with E-state index in [1.165, 1.54) is 55.0 Å². The molecule has 42 heavy (non-hydrogen) atoms. The van der Waals surface area contributed by atoms with Crippen LogP contribution < -0.4 is 16.2 Å². The molecule has 1 amide bonds. The predicted molar refractivity (Wildman–Crippen MR) is 157 cm³/mol. The second-order valence-electron chi connectivity index (χ2n) is 10.4. The fraction of sp³-hybridized carbons (Fsp3) is 0.273. The Balaban J connectivity index is 1.27. The van der Waals surface area contributed by atoms with Crippen LogP contribution in [0.2, 0.25) is 0 Å². The monoisotopic (exact) mass is 565 g/mol. The summed E-state index contributed by atoms with van der Waals surface area (Å²) in [7, 11) is 0. The molecule has 1 fully saturated rings. The van der Waals surface area contributed by atoms with Gasteiger partial charge in [0.05, 0.1) is 29.9 Å². The molecule has 9 heteroatoms. The van der Waals surface area contributed by atoms with Gasteiger partial charge in [-0.3, -0.25) is 14.6 Å². The summed E-state index contributed by atoms with van der Waals surface area (Å²) in [5.41, 5.74) is 2.43. The van der Waals surface area contributed by atoms with Crippen molar-refractivity contribution in [2.45, 2.75) is 38.6 Å². The number of nitriles is 1. The van der Waals surface area contributed by atoms with Crippen LogP contribution in [0.1, 0.15) is 59.2 Å². The van der Waals surface area contributed by atoms with Crippen LogP contribution in [0.4, 0.5) is 14.5 Å². The van der Waals surface area contributed by atoms with E-state index in [1.807, 2.05) is 18.2 Å². The molecule has 1 saturated carbocycles. The molecule has 0 bridgehead atoms. The van der Waals surface area contributed by atoms with E-state index in [0.29, 0.717) is 22.6 Å². The lowest BCUT2D eigenvalue weighted by atomic mass is 9.89. The molecule has 4 aromatic rings. The molecule has 0 aliphatic heterocycles. The molecule has 0 atom stereocenters. The van der Waals surface area contributed by atoms with E-state index in [9.17, 15) is 23.6 Å². The topological polar surface area (TPSA) is 99.8 Å². The normalized spacial score (nSPS) is 13.2. The van der Waals surface area contributed by atoms with Crippen molar-refractivity contribution < 1.29 is 13.6 Å². The van der Waals surface area contributed by atoms with Gasteiger partial charge in [-0.2, -0.15) is 5.26 Å². The van der Waals surface area contributed by atoms with Crippen molar-refractivity contribution in [1.29, 1.82) is 5.26 Å². The Labute approximate surface area is 242 Å². The number of anilines is 1. The number of aromatic nitrogens is 2. The average Bonchev–Trinajstić information content (AvgIpc) is 3.01. The number of hydrogen-bond acceptors (Lipinski definition) is 5. The maximum Gasteiger partial charge on any atom is 0.263 e. The zero-order valence-corrected chi connectivity index (χ0v) is 22.9. The van der Waals surface area contributed by atoms with Gasteiger partial charge in [-0.05, 0) is 66.8 Å². The average molecular weight is 566 g/mol. The lowest BCUT2D eigenvalue weighted by Gasteiger charge is -2.23. The lowest BCUT2D eigenvalue weighted by molar-refractivity contribution is 0.0956. The van der Waals surface area contributed by atoms with E-state index in [1.54, 1.807) is 12.3 Å². The van der Waals surface area contributed by atoms with Crippen LogP contribution in [0.15, 0.2) is 65.7 Å². The number of amides is 1. The number of nitrogens with one attached hydrogen (secondary N) is 2. The van der Waals surface area contributed by atoms with Gasteiger partial charge in [-0.15, -0.1) is 0 Å². The van der Waals surface area contributed by atoms with Gasteiger partial charge in [-0.25, -0.2) is 8.78 Å². The van der Waals surface area contributed by atoms with Crippen molar-refractivity contribution >= 4 is 22.5 Å². The highest BCUT2D eigenvalue weighted by Gasteiger charge is 2.16. The first-order valence-corrected chi connectivity index (χ1v) is 13.9. The number of hydrogen-bond donors (Lipinski definition) is 2. The number of rotatable bonds is 7. The minimum atomic E-state index is -1.01. The maximum atomic E-state index is 13.6. The van der Waals surface area contributed by atoms with Crippen LogP contribution >= 0.6 is 0 Å². The number of benzene rings is 2. The molecule has 5 rings (SSSR count). The van der Waals surface area contributed by atoms with Crippen molar-refractivity contribution in [3.05, 3.63) is 105 Å². The standard InChI is InChI=1S/C33H29F2N5O2/c34-28-12-10-24(17-29(28)35)21-40-15-5-9-26(33(40)42)32(41)37-14-4-8-22-11-13-30-27(16-22)31(25(18-36)20-38-30)39-19-23-6-2-1-3-7-23/h5,9-13,15-17,20,23H,1-3,6-7,14,19,21H2,(H,37,41)(H,38,39). The van der Waals surface area contributed by atoms with Gasteiger partial charge >= 0.3 is 0 Å². The number of pyridine rings is 2. The third-order valence-electron chi connectivity index (χ3n) is 7.45. The minimum absolute atomic E-state index is 0.00233. The largest absolute Gasteiger partial charge is 0.383 e. The second-order valence-corrected chi connectivity index (χ2v) is 10.4. The zero-order valence-electron chi connectivity index (χ0n) is 22.9. The fourth-order valence-corrected chi connectivity index (χ4v) is 5.22. The van der Waals surface area contributed by atoms with Crippen LogP contribution in [0, 0.1) is 40.7 Å². The molecule has 2 N–H and O–H groups in total. The molecule has 0 spiro atoms. The molecule has 0 saturated heterocycles. The van der Waals surface area contributed by atoms with Crippen molar-refractivity contribution in [1.82, 2.24) is 14.9 Å². The van der Waals surface area contributed by atoms with E-state index in [4.69, 9.17) is 0 Å². The zero-order chi connectivity index (χ0) is 29.5. The highest BCUT2D eigenvalue weighted by atomic mass is 19.2. The van der Waals surface area contributed by atoms with Crippen LogP contribution in [0.3, 0.4) is 0 Å². The molecule has 0 radical (unpaired) electrons. The smallest absolute Gasteiger partial charge is 0.263 e. The van der Waals surface area contributed by atoms with E-state index >= 15 is 0 Å². The Bertz CT molecular complexity index is 1790. The third kappa shape index (κ3) is 6.64. The molecule has 1 aliphatic rings. The summed E-state index contributed by atoms with van der Waals surface area (Å²) in [6.45, 7) is 0.786. The molecular formula is C33H29F2N5O2. The predicted octanol–water partition coefficient (Wildman–Crippen LogP) is 5.37. The van der Waals surface area contributed by atoms with E-state index < -0.39 is 23.1 Å². The van der Waals surface area contributed by atoms with Crippen molar-refractivity contribution in [3.8, 4) is 17.9 Å². The van der Waals surface area contributed by atoms with Crippen LogP contribution in [-0.2, 0) is 6.54 Å². The fourth-order valence-electron chi connectivity index (χ4n) is 5.22. The Morgan fingerprint density at radius 3 is 2.69 bits per heavy atom. The Kier molecular flexibility index (Phi) is 8.89. The molecule has 0 unspecified atom stereocenters. The summed E-state index contributed by atoms with van der Waals surface area (Å²) in [6.07, 6.45) is 9.19. The Morgan fingerprint density at radius 1 is 1.07 bits per heavy atom. The quantitative estimate of drug-likeness (QED) is 0.294. The summed E-state index contributed by atoms with van der Waals surface area (Å²) >= 11 is 0. The second kappa shape index (κ2) is 13.1. The van der Waals surface area contributed by atoms with Gasteiger partial charge in [0, 0.05) is 29.9 Å². The number of carbonyl (C=O) groups excluding carboxylic acids is 1. The Hall–Kier alpha value is -5.02.